The van der Waals surface area contributed by atoms with Crippen molar-refractivity contribution in [1.29, 1.82) is 0 Å². The second-order valence-corrected chi connectivity index (χ2v) is 6.27. The van der Waals surface area contributed by atoms with E-state index in [1.54, 1.807) is 0 Å². The van der Waals surface area contributed by atoms with Gasteiger partial charge in [0.05, 0.1) is 6.61 Å². The molecule has 1 saturated heterocycles. The lowest BCUT2D eigenvalue weighted by Crippen LogP contribution is -2.47. The molecule has 0 aliphatic carbocycles. The first kappa shape index (κ1) is 20.6. The third-order valence-corrected chi connectivity index (χ3v) is 4.20. The molecule has 6 amide bonds. The van der Waals surface area contributed by atoms with Crippen LogP contribution in [0.3, 0.4) is 0 Å². The number of halogens is 2. The van der Waals surface area contributed by atoms with Gasteiger partial charge in [0.2, 0.25) is 5.91 Å². The average Bonchev–Trinajstić information content (AvgIpc) is 2.79. The number of rotatable bonds is 6. The molecule has 1 unspecified atom stereocenters. The van der Waals surface area contributed by atoms with Gasteiger partial charge < -0.3 is 15.4 Å². The van der Waals surface area contributed by atoms with Gasteiger partial charge in [0.25, 0.3) is 5.91 Å². The maximum absolute atomic E-state index is 13.2. The van der Waals surface area contributed by atoms with Crippen molar-refractivity contribution < 1.29 is 28.3 Å². The number of hydrogen-bond acceptors (Lipinski definition) is 5. The number of ether oxygens (including phenoxy) is 1. The first-order valence-corrected chi connectivity index (χ1v) is 8.23. The predicted octanol–water partition coefficient (Wildman–Crippen LogP) is 0.718. The third kappa shape index (κ3) is 4.52. The second kappa shape index (κ2) is 8.31. The quantitative estimate of drug-likeness (QED) is 0.480. The Labute approximate surface area is 159 Å². The number of hydrogen-bond donors (Lipinski definition) is 3. The van der Waals surface area contributed by atoms with E-state index >= 15 is 0 Å². The molecule has 0 saturated carbocycles. The van der Waals surface area contributed by atoms with Crippen molar-refractivity contribution in [1.82, 2.24) is 20.9 Å². The van der Waals surface area contributed by atoms with E-state index in [4.69, 9.17) is 16.3 Å². The molecule has 27 heavy (non-hydrogen) atoms. The zero-order valence-corrected chi connectivity index (χ0v) is 15.4. The SMILES string of the molecule is COCCNC(=O)NC(=O)CN1C(=O)NC(C)(c2ccc(F)cc2Cl)C1=O. The van der Waals surface area contributed by atoms with Gasteiger partial charge in [-0.25, -0.2) is 14.0 Å². The van der Waals surface area contributed by atoms with E-state index in [-0.39, 0.29) is 23.7 Å². The Morgan fingerprint density at radius 1 is 1.37 bits per heavy atom. The minimum Gasteiger partial charge on any atom is -0.383 e. The average molecular weight is 401 g/mol. The van der Waals surface area contributed by atoms with Crippen LogP contribution in [-0.2, 0) is 19.9 Å². The number of urea groups is 2. The summed E-state index contributed by atoms with van der Waals surface area (Å²) in [5.74, 6) is -2.21. The van der Waals surface area contributed by atoms with Gasteiger partial charge in [-0.15, -0.1) is 0 Å². The first-order chi connectivity index (χ1) is 12.7. The number of imide groups is 2. The van der Waals surface area contributed by atoms with Crippen LogP contribution in [0, 0.1) is 5.82 Å². The highest BCUT2D eigenvalue weighted by Crippen LogP contribution is 2.33. The van der Waals surface area contributed by atoms with E-state index in [1.165, 1.54) is 20.1 Å². The molecule has 0 aromatic heterocycles. The maximum Gasteiger partial charge on any atom is 0.325 e. The molecular formula is C16H18ClFN4O5. The highest BCUT2D eigenvalue weighted by Gasteiger charge is 2.50. The summed E-state index contributed by atoms with van der Waals surface area (Å²) < 4.78 is 18.0. The highest BCUT2D eigenvalue weighted by atomic mass is 35.5. The van der Waals surface area contributed by atoms with Gasteiger partial charge in [0.1, 0.15) is 17.9 Å². The molecular weight excluding hydrogens is 383 g/mol. The molecule has 1 fully saturated rings. The summed E-state index contributed by atoms with van der Waals surface area (Å²) in [4.78, 5) is 49.0. The van der Waals surface area contributed by atoms with Crippen LogP contribution in [0.1, 0.15) is 12.5 Å². The molecule has 2 rings (SSSR count). The molecule has 1 aromatic carbocycles. The minimum absolute atomic E-state index is 0.0463. The Balaban J connectivity index is 2.07. The number of benzene rings is 1. The lowest BCUT2D eigenvalue weighted by molar-refractivity contribution is -0.134. The molecule has 146 valence electrons. The Morgan fingerprint density at radius 3 is 2.70 bits per heavy atom. The van der Waals surface area contributed by atoms with E-state index in [0.717, 1.165) is 12.1 Å². The molecule has 0 spiro atoms. The maximum atomic E-state index is 13.2. The standard InChI is InChI=1S/C16H18ClFN4O5/c1-16(10-4-3-9(18)7-11(10)17)13(24)22(15(26)21-16)8-12(23)20-14(25)19-5-6-27-2/h3-4,7H,5-6,8H2,1-2H3,(H,21,26)(H2,19,20,23,25). The first-order valence-electron chi connectivity index (χ1n) is 7.85. The summed E-state index contributed by atoms with van der Waals surface area (Å²) >= 11 is 5.99. The number of amides is 6. The fourth-order valence-corrected chi connectivity index (χ4v) is 2.89. The molecule has 3 N–H and O–H groups in total. The van der Waals surface area contributed by atoms with Gasteiger partial charge in [-0.1, -0.05) is 17.7 Å². The van der Waals surface area contributed by atoms with Crippen LogP contribution in [0.2, 0.25) is 5.02 Å². The summed E-state index contributed by atoms with van der Waals surface area (Å²) in [6.45, 7) is 1.16. The summed E-state index contributed by atoms with van der Waals surface area (Å²) in [5, 5.41) is 6.76. The molecule has 1 atom stereocenters. The van der Waals surface area contributed by atoms with Crippen LogP contribution in [0.4, 0.5) is 14.0 Å². The zero-order chi connectivity index (χ0) is 20.2. The molecule has 1 heterocycles. The Kier molecular flexibility index (Phi) is 6.34. The minimum atomic E-state index is -1.57. The molecule has 9 nitrogen and oxygen atoms in total. The van der Waals surface area contributed by atoms with Crippen LogP contribution in [0.15, 0.2) is 18.2 Å². The van der Waals surface area contributed by atoms with Crippen molar-refractivity contribution in [2.24, 2.45) is 0 Å². The van der Waals surface area contributed by atoms with Crippen LogP contribution in [-0.4, -0.2) is 55.6 Å². The van der Waals surface area contributed by atoms with Gasteiger partial charge in [-0.05, 0) is 19.1 Å². The fourth-order valence-electron chi connectivity index (χ4n) is 2.54. The molecule has 11 heteroatoms. The highest BCUT2D eigenvalue weighted by molar-refractivity contribution is 6.32. The summed E-state index contributed by atoms with van der Waals surface area (Å²) in [6, 6.07) is 1.78. The van der Waals surface area contributed by atoms with Gasteiger partial charge in [0, 0.05) is 24.2 Å². The van der Waals surface area contributed by atoms with Crippen molar-refractivity contribution in [3.8, 4) is 0 Å². The number of nitrogens with one attached hydrogen (secondary N) is 3. The number of methoxy groups -OCH3 is 1. The Morgan fingerprint density at radius 2 is 2.07 bits per heavy atom. The van der Waals surface area contributed by atoms with Crippen LogP contribution in [0.5, 0.6) is 0 Å². The molecule has 0 bridgehead atoms. The zero-order valence-electron chi connectivity index (χ0n) is 14.6. The van der Waals surface area contributed by atoms with Crippen molar-refractivity contribution in [3.05, 3.63) is 34.6 Å². The third-order valence-electron chi connectivity index (χ3n) is 3.89. The van der Waals surface area contributed by atoms with E-state index in [9.17, 15) is 23.6 Å². The van der Waals surface area contributed by atoms with Gasteiger partial charge in [-0.2, -0.15) is 0 Å². The van der Waals surface area contributed by atoms with E-state index < -0.39 is 41.8 Å². The van der Waals surface area contributed by atoms with Crippen molar-refractivity contribution in [2.45, 2.75) is 12.5 Å². The van der Waals surface area contributed by atoms with Crippen molar-refractivity contribution >= 4 is 35.5 Å². The van der Waals surface area contributed by atoms with Gasteiger partial charge >= 0.3 is 12.1 Å². The normalized spacial score (nSPS) is 19.0. The van der Waals surface area contributed by atoms with Crippen LogP contribution >= 0.6 is 11.6 Å². The predicted molar refractivity (Wildman–Crippen MR) is 92.4 cm³/mol. The molecule has 1 aliphatic heterocycles. The molecule has 0 radical (unpaired) electrons. The summed E-state index contributed by atoms with van der Waals surface area (Å²) in [6.07, 6.45) is 0. The van der Waals surface area contributed by atoms with E-state index in [1.807, 2.05) is 5.32 Å². The monoisotopic (exact) mass is 400 g/mol. The van der Waals surface area contributed by atoms with Crippen LogP contribution in [0.25, 0.3) is 0 Å². The van der Waals surface area contributed by atoms with Crippen molar-refractivity contribution in [3.63, 3.8) is 0 Å². The summed E-state index contributed by atoms with van der Waals surface area (Å²) in [5.41, 5.74) is -1.38. The van der Waals surface area contributed by atoms with E-state index in [0.29, 0.717) is 4.90 Å². The Bertz CT molecular complexity index is 790. The summed E-state index contributed by atoms with van der Waals surface area (Å²) in [7, 11) is 1.45. The largest absolute Gasteiger partial charge is 0.383 e. The Hall–Kier alpha value is -2.72. The van der Waals surface area contributed by atoms with Gasteiger partial charge in [-0.3, -0.25) is 19.8 Å². The van der Waals surface area contributed by atoms with E-state index in [2.05, 4.69) is 10.6 Å². The van der Waals surface area contributed by atoms with Crippen molar-refractivity contribution in [2.75, 3.05) is 26.8 Å². The van der Waals surface area contributed by atoms with Crippen LogP contribution < -0.4 is 16.0 Å². The molecule has 1 aromatic rings. The second-order valence-electron chi connectivity index (χ2n) is 5.87. The lowest BCUT2D eigenvalue weighted by Gasteiger charge is -2.23. The number of carbonyl (C=O) groups is 4. The lowest BCUT2D eigenvalue weighted by atomic mass is 9.92. The number of carbonyl (C=O) groups excluding carboxylic acids is 4. The number of nitrogens with zero attached hydrogens (tertiary/aromatic N) is 1. The molecule has 1 aliphatic rings. The van der Waals surface area contributed by atoms with Gasteiger partial charge in [0.15, 0.2) is 0 Å². The topological polar surface area (TPSA) is 117 Å². The smallest absolute Gasteiger partial charge is 0.325 e. The fraction of sp³-hybridized carbons (Fsp3) is 0.375.